The molecule has 1 aromatic heterocycles. The van der Waals surface area contributed by atoms with Gasteiger partial charge >= 0.3 is 5.97 Å². The fraction of sp³-hybridized carbons (Fsp3) is 0.412. The number of rotatable bonds is 6. The van der Waals surface area contributed by atoms with E-state index in [0.717, 1.165) is 22.6 Å². The number of benzene rings is 1. The molecule has 0 fully saturated rings. The maximum absolute atomic E-state index is 13.4. The van der Waals surface area contributed by atoms with E-state index in [1.807, 2.05) is 25.5 Å². The lowest BCUT2D eigenvalue weighted by Gasteiger charge is -2.09. The van der Waals surface area contributed by atoms with Crippen LogP contribution in [0.2, 0.25) is 0 Å². The molecule has 0 N–H and O–H groups in total. The Labute approximate surface area is 144 Å². The molecule has 1 heterocycles. The van der Waals surface area contributed by atoms with E-state index in [2.05, 4.69) is 4.98 Å². The van der Waals surface area contributed by atoms with Crippen LogP contribution in [0.1, 0.15) is 38.2 Å². The van der Waals surface area contributed by atoms with Crippen molar-refractivity contribution >= 4 is 17.7 Å². The molecule has 0 saturated heterocycles. The molecule has 2 rings (SSSR count). The summed E-state index contributed by atoms with van der Waals surface area (Å²) in [6, 6.07) is 3.44. The lowest BCUT2D eigenvalue weighted by atomic mass is 10.1. The topological polar surface area (TPSA) is 44.1 Å². The summed E-state index contributed by atoms with van der Waals surface area (Å²) in [6.07, 6.45) is 0.480. The van der Waals surface area contributed by atoms with Gasteiger partial charge in [0.1, 0.15) is 22.5 Å². The predicted molar refractivity (Wildman–Crippen MR) is 88.1 cm³/mol. The third kappa shape index (κ3) is 4.56. The Morgan fingerprint density at radius 2 is 1.92 bits per heavy atom. The fourth-order valence-electron chi connectivity index (χ4n) is 2.26. The molecule has 2 aromatic rings. The first kappa shape index (κ1) is 18.4. The molecule has 0 aliphatic carbocycles. The number of ether oxygens (including phenoxy) is 1. The van der Waals surface area contributed by atoms with Crippen LogP contribution in [0.5, 0.6) is 0 Å². The molecule has 0 amide bonds. The molecular formula is C17H20F2N2O2S. The van der Waals surface area contributed by atoms with Crippen molar-refractivity contribution in [3.63, 3.8) is 0 Å². The highest BCUT2D eigenvalue weighted by Gasteiger charge is 2.19. The molecule has 1 aromatic carbocycles. The van der Waals surface area contributed by atoms with E-state index < -0.39 is 11.6 Å². The van der Waals surface area contributed by atoms with E-state index in [4.69, 9.17) is 4.74 Å². The summed E-state index contributed by atoms with van der Waals surface area (Å²) in [7, 11) is 1.85. The zero-order valence-corrected chi connectivity index (χ0v) is 14.9. The van der Waals surface area contributed by atoms with Crippen LogP contribution >= 0.6 is 11.8 Å². The van der Waals surface area contributed by atoms with Gasteiger partial charge in [0.05, 0.1) is 12.3 Å². The van der Waals surface area contributed by atoms with E-state index in [0.29, 0.717) is 11.3 Å². The van der Waals surface area contributed by atoms with Crippen LogP contribution in [-0.4, -0.2) is 22.1 Å². The quantitative estimate of drug-likeness (QED) is 0.733. The molecule has 0 saturated carbocycles. The molecule has 0 aliphatic rings. The fourth-order valence-corrected chi connectivity index (χ4v) is 3.45. The summed E-state index contributed by atoms with van der Waals surface area (Å²) in [5.41, 5.74) is 0.852. The molecule has 0 aliphatic heterocycles. The van der Waals surface area contributed by atoms with Crippen LogP contribution in [0.15, 0.2) is 28.1 Å². The van der Waals surface area contributed by atoms with Crippen LogP contribution in [0, 0.1) is 11.6 Å². The highest BCUT2D eigenvalue weighted by Crippen LogP contribution is 2.35. The molecule has 4 nitrogen and oxygen atoms in total. The van der Waals surface area contributed by atoms with Crippen molar-refractivity contribution < 1.29 is 18.3 Å². The number of aromatic nitrogens is 2. The van der Waals surface area contributed by atoms with E-state index >= 15 is 0 Å². The van der Waals surface area contributed by atoms with Gasteiger partial charge in [-0.25, -0.2) is 13.8 Å². The summed E-state index contributed by atoms with van der Waals surface area (Å²) in [6.45, 7) is 5.62. The SMILES string of the molecule is CC(=O)OCCc1nc(C(C)C)c(Sc2cc(F)cc(F)c2)n1C. The van der Waals surface area contributed by atoms with Crippen molar-refractivity contribution in [3.8, 4) is 0 Å². The van der Waals surface area contributed by atoms with Crippen molar-refractivity contribution in [1.29, 1.82) is 0 Å². The first-order valence-corrected chi connectivity index (χ1v) is 8.42. The van der Waals surface area contributed by atoms with Crippen LogP contribution in [-0.2, 0) is 23.0 Å². The Hall–Kier alpha value is -1.89. The number of hydrogen-bond acceptors (Lipinski definition) is 4. The number of nitrogens with zero attached hydrogens (tertiary/aromatic N) is 2. The van der Waals surface area contributed by atoms with Gasteiger partial charge in [0.25, 0.3) is 0 Å². The molecular weight excluding hydrogens is 334 g/mol. The van der Waals surface area contributed by atoms with Gasteiger partial charge < -0.3 is 9.30 Å². The summed E-state index contributed by atoms with van der Waals surface area (Å²) in [4.78, 5) is 16.0. The third-order valence-corrected chi connectivity index (χ3v) is 4.54. The van der Waals surface area contributed by atoms with Gasteiger partial charge in [-0.1, -0.05) is 25.6 Å². The lowest BCUT2D eigenvalue weighted by Crippen LogP contribution is -2.07. The van der Waals surface area contributed by atoms with Gasteiger partial charge in [-0.2, -0.15) is 0 Å². The van der Waals surface area contributed by atoms with Gasteiger partial charge in [0.15, 0.2) is 0 Å². The molecule has 24 heavy (non-hydrogen) atoms. The summed E-state index contributed by atoms with van der Waals surface area (Å²) >= 11 is 1.27. The number of carbonyl (C=O) groups is 1. The molecule has 130 valence electrons. The normalized spacial score (nSPS) is 11.1. The Morgan fingerprint density at radius 1 is 1.29 bits per heavy atom. The average Bonchev–Trinajstić information content (AvgIpc) is 2.75. The molecule has 0 bridgehead atoms. The second-order valence-electron chi connectivity index (χ2n) is 5.73. The minimum atomic E-state index is -0.610. The molecule has 0 unspecified atom stereocenters. The summed E-state index contributed by atoms with van der Waals surface area (Å²) in [5.74, 6) is -0.640. The minimum absolute atomic E-state index is 0.152. The van der Waals surface area contributed by atoms with Gasteiger partial charge in [-0.3, -0.25) is 4.79 Å². The van der Waals surface area contributed by atoms with Crippen molar-refractivity contribution in [1.82, 2.24) is 9.55 Å². The zero-order valence-electron chi connectivity index (χ0n) is 14.1. The average molecular weight is 354 g/mol. The maximum Gasteiger partial charge on any atom is 0.302 e. The number of carbonyl (C=O) groups excluding carboxylic acids is 1. The highest BCUT2D eigenvalue weighted by atomic mass is 32.2. The predicted octanol–water partition coefficient (Wildman–Crippen LogP) is 4.08. The van der Waals surface area contributed by atoms with Gasteiger partial charge in [0, 0.05) is 31.4 Å². The number of imidazole rings is 1. The first-order valence-electron chi connectivity index (χ1n) is 7.60. The van der Waals surface area contributed by atoms with Gasteiger partial charge in [0.2, 0.25) is 0 Å². The van der Waals surface area contributed by atoms with Crippen molar-refractivity contribution in [2.45, 2.75) is 43.0 Å². The van der Waals surface area contributed by atoms with Crippen LogP contribution in [0.4, 0.5) is 8.78 Å². The second-order valence-corrected chi connectivity index (χ2v) is 6.79. The lowest BCUT2D eigenvalue weighted by molar-refractivity contribution is -0.140. The Kier molecular flexibility index (Phi) is 5.99. The third-order valence-electron chi connectivity index (χ3n) is 3.39. The monoisotopic (exact) mass is 354 g/mol. The van der Waals surface area contributed by atoms with Gasteiger partial charge in [-0.15, -0.1) is 0 Å². The van der Waals surface area contributed by atoms with E-state index in [1.165, 1.54) is 30.8 Å². The van der Waals surface area contributed by atoms with E-state index in [-0.39, 0.29) is 18.5 Å². The van der Waals surface area contributed by atoms with E-state index in [9.17, 15) is 13.6 Å². The molecule has 0 radical (unpaired) electrons. The number of halogens is 2. The summed E-state index contributed by atoms with van der Waals surface area (Å²) < 4.78 is 33.7. The second kappa shape index (κ2) is 7.79. The van der Waals surface area contributed by atoms with Crippen LogP contribution in [0.25, 0.3) is 0 Å². The van der Waals surface area contributed by atoms with Crippen molar-refractivity contribution in [2.24, 2.45) is 7.05 Å². The maximum atomic E-state index is 13.4. The van der Waals surface area contributed by atoms with E-state index in [1.54, 1.807) is 0 Å². The zero-order chi connectivity index (χ0) is 17.9. The number of esters is 1. The minimum Gasteiger partial charge on any atom is -0.465 e. The number of hydrogen-bond donors (Lipinski definition) is 0. The molecule has 0 atom stereocenters. The smallest absolute Gasteiger partial charge is 0.302 e. The van der Waals surface area contributed by atoms with Gasteiger partial charge in [-0.05, 0) is 18.1 Å². The Morgan fingerprint density at radius 3 is 2.46 bits per heavy atom. The Balaban J connectivity index is 2.30. The molecule has 7 heteroatoms. The highest BCUT2D eigenvalue weighted by molar-refractivity contribution is 7.99. The largest absolute Gasteiger partial charge is 0.465 e. The van der Waals surface area contributed by atoms with Crippen molar-refractivity contribution in [3.05, 3.63) is 41.4 Å². The molecule has 0 spiro atoms. The first-order chi connectivity index (χ1) is 11.3. The summed E-state index contributed by atoms with van der Waals surface area (Å²) in [5, 5.41) is 0.827. The van der Waals surface area contributed by atoms with Crippen molar-refractivity contribution in [2.75, 3.05) is 6.61 Å². The van der Waals surface area contributed by atoms with Crippen LogP contribution < -0.4 is 0 Å². The standard InChI is InChI=1S/C17H20F2N2O2S/c1-10(2)16-17(24-14-8-12(18)7-13(19)9-14)21(4)15(20-16)5-6-23-11(3)22/h7-10H,5-6H2,1-4H3. The van der Waals surface area contributed by atoms with Crippen LogP contribution in [0.3, 0.4) is 0 Å². The Bertz CT molecular complexity index is 724.